The summed E-state index contributed by atoms with van der Waals surface area (Å²) in [6, 6.07) is 8.67. The molecule has 25 heavy (non-hydrogen) atoms. The molecule has 1 aliphatic rings. The van der Waals surface area contributed by atoms with Crippen molar-refractivity contribution in [1.82, 2.24) is 20.0 Å². The third-order valence-electron chi connectivity index (χ3n) is 4.21. The van der Waals surface area contributed by atoms with Crippen LogP contribution in [-0.2, 0) is 11.3 Å². The second-order valence-electron chi connectivity index (χ2n) is 6.13. The maximum absolute atomic E-state index is 12.1. The van der Waals surface area contributed by atoms with E-state index < -0.39 is 0 Å². The van der Waals surface area contributed by atoms with E-state index in [1.165, 1.54) is 12.8 Å². The van der Waals surface area contributed by atoms with Crippen LogP contribution in [0.4, 0.5) is 5.69 Å². The molecule has 2 N–H and O–H groups in total. The lowest BCUT2D eigenvalue weighted by atomic mass is 10.2. The molecule has 0 aliphatic carbocycles. The summed E-state index contributed by atoms with van der Waals surface area (Å²) in [6.07, 6.45) is 5.86. The summed E-state index contributed by atoms with van der Waals surface area (Å²) in [7, 11) is 0. The molecule has 1 saturated heterocycles. The SMILES string of the molecule is O=C(Cn1cccn1)Nc1ccc(C(=O)NCCN2CCCC2)cc1. The van der Waals surface area contributed by atoms with E-state index in [9.17, 15) is 9.59 Å². The second-order valence-corrected chi connectivity index (χ2v) is 6.13. The number of benzene rings is 1. The molecule has 1 fully saturated rings. The van der Waals surface area contributed by atoms with Crippen molar-refractivity contribution in [2.45, 2.75) is 19.4 Å². The summed E-state index contributed by atoms with van der Waals surface area (Å²) in [6.45, 7) is 3.96. The number of nitrogens with one attached hydrogen (secondary N) is 2. The highest BCUT2D eigenvalue weighted by Gasteiger charge is 2.12. The van der Waals surface area contributed by atoms with E-state index in [0.717, 1.165) is 19.6 Å². The number of rotatable bonds is 7. The van der Waals surface area contributed by atoms with Crippen LogP contribution in [-0.4, -0.2) is 52.7 Å². The van der Waals surface area contributed by atoms with E-state index in [4.69, 9.17) is 0 Å². The summed E-state index contributed by atoms with van der Waals surface area (Å²) in [4.78, 5) is 26.4. The van der Waals surface area contributed by atoms with Gasteiger partial charge in [0.1, 0.15) is 6.54 Å². The quantitative estimate of drug-likeness (QED) is 0.797. The highest BCUT2D eigenvalue weighted by atomic mass is 16.2. The first kappa shape index (κ1) is 17.2. The number of hydrogen-bond acceptors (Lipinski definition) is 4. The third kappa shape index (κ3) is 5.15. The zero-order valence-corrected chi connectivity index (χ0v) is 14.1. The summed E-state index contributed by atoms with van der Waals surface area (Å²) < 4.78 is 1.55. The second kappa shape index (κ2) is 8.43. The minimum Gasteiger partial charge on any atom is -0.351 e. The molecular formula is C18H23N5O2. The zero-order valence-electron chi connectivity index (χ0n) is 14.1. The van der Waals surface area contributed by atoms with Gasteiger partial charge in [-0.05, 0) is 56.3 Å². The third-order valence-corrected chi connectivity index (χ3v) is 4.21. The monoisotopic (exact) mass is 341 g/mol. The number of carbonyl (C=O) groups is 2. The van der Waals surface area contributed by atoms with Crippen molar-refractivity contribution in [1.29, 1.82) is 0 Å². The lowest BCUT2D eigenvalue weighted by Crippen LogP contribution is -2.33. The number of anilines is 1. The highest BCUT2D eigenvalue weighted by molar-refractivity contribution is 5.95. The van der Waals surface area contributed by atoms with Gasteiger partial charge in [0.15, 0.2) is 0 Å². The van der Waals surface area contributed by atoms with Gasteiger partial charge in [0.2, 0.25) is 5.91 Å². The maximum atomic E-state index is 12.1. The Hall–Kier alpha value is -2.67. The molecule has 7 nitrogen and oxygen atoms in total. The summed E-state index contributed by atoms with van der Waals surface area (Å²) in [5.74, 6) is -0.250. The first-order valence-corrected chi connectivity index (χ1v) is 8.58. The molecule has 3 rings (SSSR count). The van der Waals surface area contributed by atoms with E-state index in [1.807, 2.05) is 0 Å². The van der Waals surface area contributed by atoms with Crippen LogP contribution >= 0.6 is 0 Å². The van der Waals surface area contributed by atoms with Crippen molar-refractivity contribution in [2.75, 3.05) is 31.5 Å². The number of hydrogen-bond donors (Lipinski definition) is 2. The molecule has 2 amide bonds. The predicted molar refractivity (Wildman–Crippen MR) is 95.3 cm³/mol. The molecule has 0 spiro atoms. The van der Waals surface area contributed by atoms with E-state index in [1.54, 1.807) is 47.4 Å². The van der Waals surface area contributed by atoms with Crippen molar-refractivity contribution in [3.63, 3.8) is 0 Å². The van der Waals surface area contributed by atoms with Gasteiger partial charge in [-0.2, -0.15) is 5.10 Å². The van der Waals surface area contributed by atoms with Crippen LogP contribution < -0.4 is 10.6 Å². The summed E-state index contributed by atoms with van der Waals surface area (Å²) >= 11 is 0. The van der Waals surface area contributed by atoms with Crippen molar-refractivity contribution in [3.05, 3.63) is 48.3 Å². The molecular weight excluding hydrogens is 318 g/mol. The van der Waals surface area contributed by atoms with Gasteiger partial charge in [-0.25, -0.2) is 0 Å². The average molecular weight is 341 g/mol. The normalized spacial score (nSPS) is 14.4. The number of amides is 2. The molecule has 0 saturated carbocycles. The molecule has 7 heteroatoms. The lowest BCUT2D eigenvalue weighted by Gasteiger charge is -2.14. The summed E-state index contributed by atoms with van der Waals surface area (Å²) in [5.41, 5.74) is 1.25. The van der Waals surface area contributed by atoms with Crippen LogP contribution in [0.3, 0.4) is 0 Å². The molecule has 1 aromatic carbocycles. The van der Waals surface area contributed by atoms with Crippen LogP contribution in [0.1, 0.15) is 23.2 Å². The molecule has 0 unspecified atom stereocenters. The standard InChI is InChI=1S/C18H23N5O2/c24-17(14-23-12-3-8-20-23)21-16-6-4-15(5-7-16)18(25)19-9-13-22-10-1-2-11-22/h3-8,12H,1-2,9-11,13-14H2,(H,19,25)(H,21,24). The molecule has 0 bridgehead atoms. The van der Waals surface area contributed by atoms with E-state index >= 15 is 0 Å². The molecule has 2 heterocycles. The predicted octanol–water partition coefficient (Wildman–Crippen LogP) is 1.35. The van der Waals surface area contributed by atoms with Gasteiger partial charge in [-0.1, -0.05) is 0 Å². The fraction of sp³-hybridized carbons (Fsp3) is 0.389. The molecule has 2 aromatic rings. The topological polar surface area (TPSA) is 79.3 Å². The minimum absolute atomic E-state index is 0.0892. The Labute approximate surface area is 147 Å². The van der Waals surface area contributed by atoms with Crippen LogP contribution in [0, 0.1) is 0 Å². The Bertz CT molecular complexity index is 691. The van der Waals surface area contributed by atoms with Crippen LogP contribution in [0.25, 0.3) is 0 Å². The van der Waals surface area contributed by atoms with Crippen LogP contribution in [0.2, 0.25) is 0 Å². The molecule has 0 atom stereocenters. The number of nitrogens with zero attached hydrogens (tertiary/aromatic N) is 3. The maximum Gasteiger partial charge on any atom is 0.251 e. The van der Waals surface area contributed by atoms with E-state index in [-0.39, 0.29) is 18.4 Å². The Kier molecular flexibility index (Phi) is 5.79. The van der Waals surface area contributed by atoms with E-state index in [0.29, 0.717) is 17.8 Å². The zero-order chi connectivity index (χ0) is 17.5. The fourth-order valence-electron chi connectivity index (χ4n) is 2.88. The van der Waals surface area contributed by atoms with Gasteiger partial charge in [0.05, 0.1) is 0 Å². The summed E-state index contributed by atoms with van der Waals surface area (Å²) in [5, 5.41) is 9.72. The Morgan fingerprint density at radius 2 is 1.88 bits per heavy atom. The number of carbonyl (C=O) groups excluding carboxylic acids is 2. The van der Waals surface area contributed by atoms with Crippen LogP contribution in [0.15, 0.2) is 42.7 Å². The molecule has 1 aliphatic heterocycles. The van der Waals surface area contributed by atoms with Gasteiger partial charge in [-0.3, -0.25) is 14.3 Å². The molecule has 1 aromatic heterocycles. The minimum atomic E-state index is -0.161. The highest BCUT2D eigenvalue weighted by Crippen LogP contribution is 2.10. The van der Waals surface area contributed by atoms with Crippen LogP contribution in [0.5, 0.6) is 0 Å². The Morgan fingerprint density at radius 1 is 1.12 bits per heavy atom. The van der Waals surface area contributed by atoms with Gasteiger partial charge in [-0.15, -0.1) is 0 Å². The van der Waals surface area contributed by atoms with Crippen molar-refractivity contribution in [2.24, 2.45) is 0 Å². The van der Waals surface area contributed by atoms with Gasteiger partial charge < -0.3 is 15.5 Å². The van der Waals surface area contributed by atoms with Crippen molar-refractivity contribution >= 4 is 17.5 Å². The van der Waals surface area contributed by atoms with Gasteiger partial charge in [0, 0.05) is 36.7 Å². The Morgan fingerprint density at radius 3 is 2.56 bits per heavy atom. The first-order valence-electron chi connectivity index (χ1n) is 8.58. The smallest absolute Gasteiger partial charge is 0.251 e. The first-order chi connectivity index (χ1) is 12.2. The van der Waals surface area contributed by atoms with Crippen molar-refractivity contribution < 1.29 is 9.59 Å². The number of aromatic nitrogens is 2. The fourth-order valence-corrected chi connectivity index (χ4v) is 2.88. The number of likely N-dealkylation sites (tertiary alicyclic amines) is 1. The van der Waals surface area contributed by atoms with Crippen molar-refractivity contribution in [3.8, 4) is 0 Å². The average Bonchev–Trinajstić information content (AvgIpc) is 3.29. The largest absolute Gasteiger partial charge is 0.351 e. The lowest BCUT2D eigenvalue weighted by molar-refractivity contribution is -0.116. The van der Waals surface area contributed by atoms with Gasteiger partial charge >= 0.3 is 0 Å². The molecule has 0 radical (unpaired) electrons. The molecule has 132 valence electrons. The van der Waals surface area contributed by atoms with E-state index in [2.05, 4.69) is 20.6 Å². The Balaban J connectivity index is 1.44. The van der Waals surface area contributed by atoms with Gasteiger partial charge in [0.25, 0.3) is 5.91 Å².